The Labute approximate surface area is 117 Å². The maximum absolute atomic E-state index is 12.3. The van der Waals surface area contributed by atoms with Crippen molar-refractivity contribution in [1.29, 1.82) is 0 Å². The van der Waals surface area contributed by atoms with Gasteiger partial charge in [0.25, 0.3) is 0 Å². The molecule has 0 aromatic carbocycles. The molecule has 0 bridgehead atoms. The maximum Gasteiger partial charge on any atom is 0.327 e. The summed E-state index contributed by atoms with van der Waals surface area (Å²) in [7, 11) is 1.54. The van der Waals surface area contributed by atoms with Crippen LogP contribution >= 0.6 is 11.8 Å². The Hall–Kier alpha value is -0.790. The molecule has 3 unspecified atom stereocenters. The summed E-state index contributed by atoms with van der Waals surface area (Å²) in [6, 6.07) is -1.49. The van der Waals surface area contributed by atoms with Crippen LogP contribution in [0.4, 0.5) is 0 Å². The van der Waals surface area contributed by atoms with E-state index in [2.05, 4.69) is 0 Å². The van der Waals surface area contributed by atoms with Crippen molar-refractivity contribution < 1.29 is 19.4 Å². The van der Waals surface area contributed by atoms with E-state index in [1.54, 1.807) is 7.11 Å². The third-order valence-electron chi connectivity index (χ3n) is 3.09. The Morgan fingerprint density at radius 3 is 2.63 bits per heavy atom. The Morgan fingerprint density at radius 1 is 1.53 bits per heavy atom. The van der Waals surface area contributed by atoms with Crippen LogP contribution in [-0.4, -0.2) is 58.8 Å². The second-order valence-corrected chi connectivity index (χ2v) is 6.11. The van der Waals surface area contributed by atoms with Crippen LogP contribution in [0.2, 0.25) is 0 Å². The molecule has 1 fully saturated rings. The first kappa shape index (κ1) is 16.3. The number of carbonyl (C=O) groups excluding carboxylic acids is 1. The van der Waals surface area contributed by atoms with Crippen molar-refractivity contribution in [2.24, 2.45) is 11.7 Å². The molecule has 1 amide bonds. The lowest BCUT2D eigenvalue weighted by Crippen LogP contribution is -2.53. The lowest BCUT2D eigenvalue weighted by atomic mass is 10.1. The van der Waals surface area contributed by atoms with Crippen molar-refractivity contribution in [1.82, 2.24) is 4.90 Å². The number of ether oxygens (including phenoxy) is 1. The highest BCUT2D eigenvalue weighted by Gasteiger charge is 2.43. The molecule has 0 aromatic rings. The first-order chi connectivity index (χ1) is 8.90. The molecule has 1 rings (SSSR count). The average molecular weight is 290 g/mol. The van der Waals surface area contributed by atoms with E-state index in [0.29, 0.717) is 18.8 Å². The molecule has 0 radical (unpaired) electrons. The topological polar surface area (TPSA) is 92.9 Å². The summed E-state index contributed by atoms with van der Waals surface area (Å²) in [4.78, 5) is 25.0. The van der Waals surface area contributed by atoms with Gasteiger partial charge in [-0.2, -0.15) is 0 Å². The Bertz CT molecular complexity index is 338. The molecule has 1 aliphatic rings. The first-order valence-corrected chi connectivity index (χ1v) is 7.36. The number of hydrogen-bond donors (Lipinski definition) is 2. The molecule has 6 nitrogen and oxygen atoms in total. The highest BCUT2D eigenvalue weighted by Crippen LogP contribution is 2.34. The number of carboxylic acid groups (broad SMARTS) is 1. The van der Waals surface area contributed by atoms with E-state index in [1.165, 1.54) is 16.7 Å². The number of nitrogens with two attached hydrogens (primary N) is 1. The summed E-state index contributed by atoms with van der Waals surface area (Å²) in [6.07, 6.45) is 0.396. The Kier molecular flexibility index (Phi) is 6.09. The van der Waals surface area contributed by atoms with Gasteiger partial charge >= 0.3 is 5.97 Å². The van der Waals surface area contributed by atoms with Crippen LogP contribution in [-0.2, 0) is 14.3 Å². The van der Waals surface area contributed by atoms with Gasteiger partial charge in [-0.25, -0.2) is 4.79 Å². The van der Waals surface area contributed by atoms with Gasteiger partial charge in [-0.15, -0.1) is 11.8 Å². The zero-order chi connectivity index (χ0) is 14.6. The molecule has 110 valence electrons. The van der Waals surface area contributed by atoms with Gasteiger partial charge in [-0.05, 0) is 12.3 Å². The van der Waals surface area contributed by atoms with Gasteiger partial charge in [0, 0.05) is 19.5 Å². The monoisotopic (exact) mass is 290 g/mol. The fraction of sp³-hybridized carbons (Fsp3) is 0.833. The molecule has 0 aromatic heterocycles. The number of methoxy groups -OCH3 is 1. The second kappa shape index (κ2) is 7.12. The molecule has 0 spiro atoms. The number of carboxylic acids is 1. The van der Waals surface area contributed by atoms with Crippen LogP contribution in [0.5, 0.6) is 0 Å². The van der Waals surface area contributed by atoms with Crippen molar-refractivity contribution in [3.63, 3.8) is 0 Å². The second-order valence-electron chi connectivity index (χ2n) is 4.96. The lowest BCUT2D eigenvalue weighted by Gasteiger charge is -2.31. The van der Waals surface area contributed by atoms with Crippen LogP contribution in [0, 0.1) is 5.92 Å². The van der Waals surface area contributed by atoms with Crippen LogP contribution in [0.1, 0.15) is 20.3 Å². The smallest absolute Gasteiger partial charge is 0.327 e. The molecule has 0 aliphatic carbocycles. The number of hydrogen-bond acceptors (Lipinski definition) is 5. The van der Waals surface area contributed by atoms with Crippen molar-refractivity contribution in [2.45, 2.75) is 37.7 Å². The minimum Gasteiger partial charge on any atom is -0.480 e. The van der Waals surface area contributed by atoms with E-state index in [1.807, 2.05) is 13.8 Å². The fourth-order valence-corrected chi connectivity index (χ4v) is 3.55. The minimum atomic E-state index is -0.969. The van der Waals surface area contributed by atoms with Crippen molar-refractivity contribution in [3.8, 4) is 0 Å². The van der Waals surface area contributed by atoms with Gasteiger partial charge in [0.2, 0.25) is 5.91 Å². The van der Waals surface area contributed by atoms with Crippen LogP contribution in [0.3, 0.4) is 0 Å². The van der Waals surface area contributed by atoms with Crippen LogP contribution in [0.25, 0.3) is 0 Å². The summed E-state index contributed by atoms with van der Waals surface area (Å²) in [5.41, 5.74) is 5.83. The van der Waals surface area contributed by atoms with Crippen molar-refractivity contribution >= 4 is 23.6 Å². The zero-order valence-corrected chi connectivity index (χ0v) is 12.4. The predicted molar refractivity (Wildman–Crippen MR) is 73.8 cm³/mol. The Morgan fingerprint density at radius 2 is 2.16 bits per heavy atom. The van der Waals surface area contributed by atoms with Crippen LogP contribution in [0.15, 0.2) is 0 Å². The van der Waals surface area contributed by atoms with E-state index in [0.717, 1.165) is 0 Å². The molecule has 1 saturated heterocycles. The van der Waals surface area contributed by atoms with Gasteiger partial charge in [0.05, 0.1) is 11.4 Å². The number of carbonyl (C=O) groups is 2. The standard InChI is InChI=1S/C12H22N2O4S/c1-7(2)11-14(9(6-19-11)12(16)17)10(15)8(13)4-5-18-3/h7-9,11H,4-6,13H2,1-3H3,(H,16,17). The SMILES string of the molecule is COCCC(N)C(=O)N1C(C(=O)O)CSC1C(C)C. The third kappa shape index (κ3) is 3.84. The van der Waals surface area contributed by atoms with Crippen LogP contribution < -0.4 is 5.73 Å². The molecule has 3 N–H and O–H groups in total. The summed E-state index contributed by atoms with van der Waals surface area (Å²) >= 11 is 1.50. The summed E-state index contributed by atoms with van der Waals surface area (Å²) in [5, 5.41) is 9.09. The number of nitrogens with zero attached hydrogens (tertiary/aromatic N) is 1. The van der Waals surface area contributed by atoms with Crippen molar-refractivity contribution in [3.05, 3.63) is 0 Å². The molecule has 19 heavy (non-hydrogen) atoms. The largest absolute Gasteiger partial charge is 0.480 e. The molecular formula is C12H22N2O4S. The minimum absolute atomic E-state index is 0.123. The van der Waals surface area contributed by atoms with Crippen molar-refractivity contribution in [2.75, 3.05) is 19.5 Å². The Balaban J connectivity index is 2.83. The molecular weight excluding hydrogens is 268 g/mol. The van der Waals surface area contributed by atoms with Gasteiger partial charge < -0.3 is 20.5 Å². The normalized spacial score (nSPS) is 24.8. The highest BCUT2D eigenvalue weighted by molar-refractivity contribution is 8.00. The summed E-state index contributed by atoms with van der Waals surface area (Å²) in [5.74, 6) is -0.662. The fourth-order valence-electron chi connectivity index (χ4n) is 2.07. The zero-order valence-electron chi connectivity index (χ0n) is 11.5. The van der Waals surface area contributed by atoms with E-state index < -0.39 is 18.1 Å². The van der Waals surface area contributed by atoms with E-state index in [9.17, 15) is 14.7 Å². The number of thioether (sulfide) groups is 1. The molecule has 1 heterocycles. The van der Waals surface area contributed by atoms with E-state index >= 15 is 0 Å². The van der Waals surface area contributed by atoms with Gasteiger partial charge in [0.1, 0.15) is 6.04 Å². The van der Waals surface area contributed by atoms with E-state index in [4.69, 9.17) is 10.5 Å². The lowest BCUT2D eigenvalue weighted by molar-refractivity contribution is -0.150. The quantitative estimate of drug-likeness (QED) is 0.734. The van der Waals surface area contributed by atoms with Gasteiger partial charge in [-0.1, -0.05) is 13.8 Å². The first-order valence-electron chi connectivity index (χ1n) is 6.31. The van der Waals surface area contributed by atoms with Gasteiger partial charge in [0.15, 0.2) is 0 Å². The maximum atomic E-state index is 12.3. The summed E-state index contributed by atoms with van der Waals surface area (Å²) in [6.45, 7) is 4.34. The summed E-state index contributed by atoms with van der Waals surface area (Å²) < 4.78 is 4.90. The molecule has 3 atom stereocenters. The number of amides is 1. The highest BCUT2D eigenvalue weighted by atomic mass is 32.2. The number of aliphatic carboxylic acids is 1. The number of rotatable bonds is 6. The third-order valence-corrected chi connectivity index (χ3v) is 4.72. The van der Waals surface area contributed by atoms with Gasteiger partial charge in [-0.3, -0.25) is 4.79 Å². The molecule has 1 aliphatic heterocycles. The molecule has 0 saturated carbocycles. The predicted octanol–water partition coefficient (Wildman–Crippen LogP) is 0.361. The molecule has 7 heteroatoms. The van der Waals surface area contributed by atoms with E-state index in [-0.39, 0.29) is 17.2 Å². The average Bonchev–Trinajstić information content (AvgIpc) is 2.79.